The number of amides is 1. The second kappa shape index (κ2) is 7.47. The van der Waals surface area contributed by atoms with Gasteiger partial charge in [-0.05, 0) is 63.6 Å². The summed E-state index contributed by atoms with van der Waals surface area (Å²) in [5, 5.41) is 8.55. The van der Waals surface area contributed by atoms with Crippen LogP contribution in [0.15, 0.2) is 48.8 Å². The van der Waals surface area contributed by atoms with Gasteiger partial charge in [-0.15, -0.1) is 0 Å². The third-order valence-electron chi connectivity index (χ3n) is 5.04. The molecule has 4 rings (SSSR count). The number of hydrogen-bond acceptors (Lipinski definition) is 4. The lowest BCUT2D eigenvalue weighted by Crippen LogP contribution is -2.14. The summed E-state index contributed by atoms with van der Waals surface area (Å²) in [6.07, 6.45) is 3.53. The highest BCUT2D eigenvalue weighted by Gasteiger charge is 2.18. The minimum atomic E-state index is -0.152. The fourth-order valence-electron chi connectivity index (χ4n) is 3.53. The van der Waals surface area contributed by atoms with E-state index in [1.807, 2.05) is 68.8 Å². The van der Waals surface area contributed by atoms with Crippen LogP contribution in [0.3, 0.4) is 0 Å². The SMILES string of the molecule is Cc1ccc2nc(C)cc(C(=O)Nc3c(C)nn(Cc4ccncc4)c3C)c2c1. The van der Waals surface area contributed by atoms with Crippen LogP contribution in [0.4, 0.5) is 5.69 Å². The zero-order chi connectivity index (χ0) is 20.5. The van der Waals surface area contributed by atoms with Crippen molar-refractivity contribution in [3.05, 3.63) is 82.6 Å². The molecule has 29 heavy (non-hydrogen) atoms. The first-order chi connectivity index (χ1) is 13.9. The molecule has 1 aromatic carbocycles. The van der Waals surface area contributed by atoms with Crippen LogP contribution in [-0.4, -0.2) is 25.7 Å². The predicted molar refractivity (Wildman–Crippen MR) is 114 cm³/mol. The van der Waals surface area contributed by atoms with Gasteiger partial charge in [0.2, 0.25) is 0 Å². The first-order valence-corrected chi connectivity index (χ1v) is 9.54. The summed E-state index contributed by atoms with van der Waals surface area (Å²) in [6.45, 7) is 8.42. The maximum Gasteiger partial charge on any atom is 0.256 e. The number of aromatic nitrogens is 4. The maximum absolute atomic E-state index is 13.2. The number of hydrogen-bond donors (Lipinski definition) is 1. The van der Waals surface area contributed by atoms with Gasteiger partial charge in [0.15, 0.2) is 0 Å². The van der Waals surface area contributed by atoms with Crippen molar-refractivity contribution >= 4 is 22.5 Å². The van der Waals surface area contributed by atoms with Crippen LogP contribution < -0.4 is 5.32 Å². The highest BCUT2D eigenvalue weighted by molar-refractivity contribution is 6.12. The molecule has 3 aromatic heterocycles. The summed E-state index contributed by atoms with van der Waals surface area (Å²) in [7, 11) is 0. The number of aryl methyl sites for hydroxylation is 3. The van der Waals surface area contributed by atoms with Gasteiger partial charge in [0.1, 0.15) is 0 Å². The highest BCUT2D eigenvalue weighted by atomic mass is 16.1. The Labute approximate surface area is 169 Å². The molecular weight excluding hydrogens is 362 g/mol. The maximum atomic E-state index is 13.2. The van der Waals surface area contributed by atoms with Crippen LogP contribution in [0.1, 0.15) is 38.6 Å². The Kier molecular flexibility index (Phi) is 4.84. The van der Waals surface area contributed by atoms with Crippen LogP contribution in [0.2, 0.25) is 0 Å². The molecule has 0 aliphatic heterocycles. The van der Waals surface area contributed by atoms with E-state index in [2.05, 4.69) is 20.4 Å². The molecule has 0 fully saturated rings. The average molecular weight is 385 g/mol. The van der Waals surface area contributed by atoms with E-state index in [0.29, 0.717) is 12.1 Å². The number of carbonyl (C=O) groups is 1. The number of nitrogens with one attached hydrogen (secondary N) is 1. The van der Waals surface area contributed by atoms with E-state index in [1.165, 1.54) is 0 Å². The number of carbonyl (C=O) groups excluding carboxylic acids is 1. The minimum absolute atomic E-state index is 0.152. The van der Waals surface area contributed by atoms with Gasteiger partial charge in [-0.1, -0.05) is 11.6 Å². The van der Waals surface area contributed by atoms with E-state index in [0.717, 1.165) is 44.8 Å². The van der Waals surface area contributed by atoms with Crippen molar-refractivity contribution in [2.45, 2.75) is 34.2 Å². The summed E-state index contributed by atoms with van der Waals surface area (Å²) in [4.78, 5) is 21.8. The van der Waals surface area contributed by atoms with Gasteiger partial charge < -0.3 is 5.32 Å². The zero-order valence-electron chi connectivity index (χ0n) is 17.0. The lowest BCUT2D eigenvalue weighted by Gasteiger charge is -2.10. The Balaban J connectivity index is 1.67. The molecule has 4 aromatic rings. The quantitative estimate of drug-likeness (QED) is 0.566. The molecular formula is C23H23N5O. The number of fused-ring (bicyclic) bond motifs is 1. The molecule has 0 saturated carbocycles. The molecule has 3 heterocycles. The first kappa shape index (κ1) is 18.8. The van der Waals surface area contributed by atoms with Gasteiger partial charge in [0.25, 0.3) is 5.91 Å². The fraction of sp³-hybridized carbons (Fsp3) is 0.217. The van der Waals surface area contributed by atoms with Crippen molar-refractivity contribution in [1.29, 1.82) is 0 Å². The van der Waals surface area contributed by atoms with Crippen LogP contribution >= 0.6 is 0 Å². The van der Waals surface area contributed by atoms with Gasteiger partial charge in [0, 0.05) is 23.5 Å². The summed E-state index contributed by atoms with van der Waals surface area (Å²) in [6, 6.07) is 11.7. The summed E-state index contributed by atoms with van der Waals surface area (Å²) >= 11 is 0. The van der Waals surface area contributed by atoms with Crippen molar-refractivity contribution in [2.75, 3.05) is 5.32 Å². The smallest absolute Gasteiger partial charge is 0.256 e. The van der Waals surface area contributed by atoms with Crippen molar-refractivity contribution in [3.8, 4) is 0 Å². The molecule has 146 valence electrons. The summed E-state index contributed by atoms with van der Waals surface area (Å²) in [5.41, 5.74) is 6.91. The zero-order valence-corrected chi connectivity index (χ0v) is 17.0. The first-order valence-electron chi connectivity index (χ1n) is 9.54. The number of benzene rings is 1. The Morgan fingerprint density at radius 1 is 1.03 bits per heavy atom. The van der Waals surface area contributed by atoms with E-state index in [9.17, 15) is 4.79 Å². The van der Waals surface area contributed by atoms with Gasteiger partial charge in [-0.2, -0.15) is 5.10 Å². The van der Waals surface area contributed by atoms with Gasteiger partial charge in [-0.25, -0.2) is 0 Å². The minimum Gasteiger partial charge on any atom is -0.319 e. The third-order valence-corrected chi connectivity index (χ3v) is 5.04. The van der Waals surface area contributed by atoms with Crippen LogP contribution in [0.5, 0.6) is 0 Å². The Morgan fingerprint density at radius 2 is 1.79 bits per heavy atom. The Hall–Kier alpha value is -3.54. The molecule has 6 heteroatoms. The topological polar surface area (TPSA) is 72.7 Å². The molecule has 0 unspecified atom stereocenters. The monoisotopic (exact) mass is 385 g/mol. The van der Waals surface area contributed by atoms with E-state index in [-0.39, 0.29) is 5.91 Å². The largest absolute Gasteiger partial charge is 0.319 e. The van der Waals surface area contributed by atoms with E-state index in [1.54, 1.807) is 12.4 Å². The number of pyridine rings is 2. The van der Waals surface area contributed by atoms with Crippen molar-refractivity contribution in [3.63, 3.8) is 0 Å². The molecule has 0 spiro atoms. The summed E-state index contributed by atoms with van der Waals surface area (Å²) < 4.78 is 1.90. The summed E-state index contributed by atoms with van der Waals surface area (Å²) in [5.74, 6) is -0.152. The molecule has 0 aliphatic carbocycles. The molecule has 0 bridgehead atoms. The fourth-order valence-corrected chi connectivity index (χ4v) is 3.53. The normalized spacial score (nSPS) is 11.0. The van der Waals surface area contributed by atoms with E-state index >= 15 is 0 Å². The van der Waals surface area contributed by atoms with Crippen LogP contribution in [0, 0.1) is 27.7 Å². The van der Waals surface area contributed by atoms with E-state index < -0.39 is 0 Å². The van der Waals surface area contributed by atoms with Crippen molar-refractivity contribution in [2.24, 2.45) is 0 Å². The van der Waals surface area contributed by atoms with Crippen LogP contribution in [0.25, 0.3) is 10.9 Å². The molecule has 0 saturated heterocycles. The second-order valence-electron chi connectivity index (χ2n) is 7.34. The van der Waals surface area contributed by atoms with Crippen LogP contribution in [-0.2, 0) is 6.54 Å². The lowest BCUT2D eigenvalue weighted by molar-refractivity contribution is 0.102. The average Bonchev–Trinajstić information content (AvgIpc) is 2.96. The molecule has 6 nitrogen and oxygen atoms in total. The van der Waals surface area contributed by atoms with E-state index in [4.69, 9.17) is 0 Å². The molecule has 1 amide bonds. The molecule has 0 radical (unpaired) electrons. The predicted octanol–water partition coefficient (Wildman–Crippen LogP) is 4.36. The van der Waals surface area contributed by atoms with Gasteiger partial charge in [0.05, 0.1) is 34.7 Å². The third kappa shape index (κ3) is 3.74. The number of rotatable bonds is 4. The molecule has 0 atom stereocenters. The number of anilines is 1. The second-order valence-corrected chi connectivity index (χ2v) is 7.34. The van der Waals surface area contributed by atoms with Gasteiger partial charge >= 0.3 is 0 Å². The van der Waals surface area contributed by atoms with Gasteiger partial charge in [-0.3, -0.25) is 19.4 Å². The lowest BCUT2D eigenvalue weighted by atomic mass is 10.0. The van der Waals surface area contributed by atoms with Crippen molar-refractivity contribution in [1.82, 2.24) is 19.7 Å². The number of nitrogens with zero attached hydrogens (tertiary/aromatic N) is 4. The Morgan fingerprint density at radius 3 is 2.55 bits per heavy atom. The van der Waals surface area contributed by atoms with Crippen molar-refractivity contribution < 1.29 is 4.79 Å². The molecule has 1 N–H and O–H groups in total. The standard InChI is InChI=1S/C23H23N5O/c1-14-5-6-21-19(11-14)20(12-15(2)25-21)23(29)26-22-16(3)27-28(17(22)4)13-18-7-9-24-10-8-18/h5-12H,13H2,1-4H3,(H,26,29). The molecule has 0 aliphatic rings. The highest BCUT2D eigenvalue weighted by Crippen LogP contribution is 2.24. The Bertz CT molecular complexity index is 1210.